The van der Waals surface area contributed by atoms with Gasteiger partial charge in [0.15, 0.2) is 0 Å². The van der Waals surface area contributed by atoms with Crippen LogP contribution in [0.15, 0.2) is 0 Å². The second kappa shape index (κ2) is 7.00. The number of carboxylic acids is 1. The van der Waals surface area contributed by atoms with Crippen molar-refractivity contribution in [3.8, 4) is 0 Å². The van der Waals surface area contributed by atoms with Crippen LogP contribution in [0.3, 0.4) is 0 Å². The quantitative estimate of drug-likeness (QED) is 0.615. The molecule has 5 heteroatoms. The summed E-state index contributed by atoms with van der Waals surface area (Å²) in [7, 11) is 1.57. The predicted octanol–water partition coefficient (Wildman–Crippen LogP) is -0.797. The summed E-state index contributed by atoms with van der Waals surface area (Å²) in [6.45, 7) is 0. The Balaban J connectivity index is 0. The van der Waals surface area contributed by atoms with Crippen LogP contribution in [-0.2, 0) is 50.1 Å². The molecule has 0 aromatic rings. The third-order valence-electron chi connectivity index (χ3n) is 0.813. The van der Waals surface area contributed by atoms with Gasteiger partial charge in [0.25, 0.3) is 0 Å². The molecular formula is C4H8NO2SY-. The molecule has 2 N–H and O–H groups in total. The smallest absolute Gasteiger partial charge is 0.318 e. The van der Waals surface area contributed by atoms with E-state index < -0.39 is 12.0 Å². The zero-order chi connectivity index (χ0) is 6.57. The molecule has 0 rings (SSSR count). The van der Waals surface area contributed by atoms with Crippen molar-refractivity contribution in [1.82, 2.24) is 5.32 Å². The molecule has 0 saturated carbocycles. The Labute approximate surface area is 84.9 Å². The minimum Gasteiger partial charge on any atom is -0.791 e. The number of carboxylic acid groups (broad SMARTS) is 1. The van der Waals surface area contributed by atoms with E-state index in [9.17, 15) is 4.79 Å². The number of rotatable bonds is 3. The first kappa shape index (κ1) is 12.6. The Morgan fingerprint density at radius 2 is 2.33 bits per heavy atom. The number of carbonyl (C=O) groups is 1. The van der Waals surface area contributed by atoms with Gasteiger partial charge in [-0.1, -0.05) is 0 Å². The fourth-order valence-electron chi connectivity index (χ4n) is 0.278. The number of nitrogens with one attached hydrogen (secondary N) is 1. The molecule has 0 heterocycles. The minimum absolute atomic E-state index is 0. The molecule has 0 aromatic carbocycles. The molecule has 0 saturated heterocycles. The standard InChI is InChI=1S/C4H9NO2S.Y/c1-5-3(2-8)4(6)7;/h3,5,8H,2H2,1H3,(H,6,7);/p-1. The van der Waals surface area contributed by atoms with Gasteiger partial charge in [-0.3, -0.25) is 4.79 Å². The summed E-state index contributed by atoms with van der Waals surface area (Å²) in [6, 6.07) is -0.565. The number of hydrogen-bond donors (Lipinski definition) is 2. The van der Waals surface area contributed by atoms with Crippen LogP contribution in [0, 0.1) is 0 Å². The SMILES string of the molecule is CNC(C[S-])C(=O)O.[Y]. The maximum absolute atomic E-state index is 10.0. The van der Waals surface area contributed by atoms with Gasteiger partial charge in [-0.25, -0.2) is 0 Å². The van der Waals surface area contributed by atoms with Crippen LogP contribution in [0.4, 0.5) is 0 Å². The Kier molecular flexibility index (Phi) is 9.76. The number of likely N-dealkylation sites (N-methyl/N-ethyl adjacent to an activating group) is 1. The maximum atomic E-state index is 10.0. The van der Waals surface area contributed by atoms with Gasteiger partial charge in [0.2, 0.25) is 0 Å². The van der Waals surface area contributed by atoms with Crippen LogP contribution in [0.2, 0.25) is 0 Å². The van der Waals surface area contributed by atoms with Gasteiger partial charge in [0.05, 0.1) is 6.04 Å². The summed E-state index contributed by atoms with van der Waals surface area (Å²) < 4.78 is 0. The van der Waals surface area contributed by atoms with E-state index in [-0.39, 0.29) is 38.5 Å². The maximum Gasteiger partial charge on any atom is 0.318 e. The van der Waals surface area contributed by atoms with E-state index in [4.69, 9.17) is 5.11 Å². The van der Waals surface area contributed by atoms with E-state index in [1.54, 1.807) is 7.05 Å². The van der Waals surface area contributed by atoms with Gasteiger partial charge in [-0.05, 0) is 7.05 Å². The van der Waals surface area contributed by atoms with Gasteiger partial charge in [0.1, 0.15) is 0 Å². The Bertz CT molecular complexity index is 86.6. The molecule has 3 nitrogen and oxygen atoms in total. The Morgan fingerprint density at radius 3 is 2.33 bits per heavy atom. The molecule has 9 heavy (non-hydrogen) atoms. The largest absolute Gasteiger partial charge is 0.791 e. The zero-order valence-electron chi connectivity index (χ0n) is 5.13. The van der Waals surface area contributed by atoms with E-state index in [2.05, 4.69) is 17.9 Å². The second-order valence-corrected chi connectivity index (χ2v) is 1.68. The van der Waals surface area contributed by atoms with Crippen molar-refractivity contribution in [3.63, 3.8) is 0 Å². The van der Waals surface area contributed by atoms with Gasteiger partial charge < -0.3 is 23.1 Å². The monoisotopic (exact) mass is 223 g/mol. The summed E-state index contributed by atoms with van der Waals surface area (Å²) >= 11 is 4.51. The average Bonchev–Trinajstić information content (AvgIpc) is 1.69. The topological polar surface area (TPSA) is 49.3 Å². The summed E-state index contributed by atoms with van der Waals surface area (Å²) in [5.74, 6) is -0.672. The third kappa shape index (κ3) is 5.33. The first-order valence-electron chi connectivity index (χ1n) is 2.20. The van der Waals surface area contributed by atoms with Gasteiger partial charge >= 0.3 is 5.97 Å². The van der Waals surface area contributed by atoms with Crippen molar-refractivity contribution < 1.29 is 42.6 Å². The molecule has 0 aliphatic carbocycles. The van der Waals surface area contributed by atoms with Crippen LogP contribution < -0.4 is 5.32 Å². The molecule has 0 aliphatic rings. The van der Waals surface area contributed by atoms with Crippen molar-refractivity contribution in [2.45, 2.75) is 6.04 Å². The molecule has 0 aromatic heterocycles. The molecule has 0 amide bonds. The molecule has 0 spiro atoms. The molecular weight excluding hydrogens is 215 g/mol. The summed E-state index contributed by atoms with van der Waals surface area (Å²) in [4.78, 5) is 10.0. The Hall–Kier alpha value is 0.884. The normalized spacial score (nSPS) is 11.8. The number of aliphatic carboxylic acids is 1. The van der Waals surface area contributed by atoms with Crippen LogP contribution in [-0.4, -0.2) is 29.9 Å². The van der Waals surface area contributed by atoms with Crippen molar-refractivity contribution in [2.75, 3.05) is 12.8 Å². The fourth-order valence-corrected chi connectivity index (χ4v) is 0.587. The van der Waals surface area contributed by atoms with E-state index in [1.165, 1.54) is 0 Å². The van der Waals surface area contributed by atoms with Crippen LogP contribution >= 0.6 is 0 Å². The van der Waals surface area contributed by atoms with Crippen molar-refractivity contribution >= 4 is 18.6 Å². The molecule has 0 aliphatic heterocycles. The van der Waals surface area contributed by atoms with E-state index in [0.717, 1.165) is 0 Å². The average molecular weight is 223 g/mol. The Morgan fingerprint density at radius 1 is 1.89 bits per heavy atom. The third-order valence-corrected chi connectivity index (χ3v) is 1.15. The fraction of sp³-hybridized carbons (Fsp3) is 0.750. The van der Waals surface area contributed by atoms with Crippen molar-refractivity contribution in [1.29, 1.82) is 0 Å². The second-order valence-electron chi connectivity index (χ2n) is 1.35. The van der Waals surface area contributed by atoms with Gasteiger partial charge in [0, 0.05) is 32.7 Å². The first-order valence-corrected chi connectivity index (χ1v) is 2.78. The van der Waals surface area contributed by atoms with Crippen LogP contribution in [0.25, 0.3) is 0 Å². The number of hydrogen-bond acceptors (Lipinski definition) is 3. The molecule has 51 valence electrons. The van der Waals surface area contributed by atoms with E-state index in [0.29, 0.717) is 0 Å². The van der Waals surface area contributed by atoms with E-state index in [1.807, 2.05) is 0 Å². The van der Waals surface area contributed by atoms with Crippen molar-refractivity contribution in [2.24, 2.45) is 0 Å². The minimum atomic E-state index is -0.887. The molecule has 0 bridgehead atoms. The summed E-state index contributed by atoms with van der Waals surface area (Å²) in [5, 5.41) is 10.8. The molecule has 1 unspecified atom stereocenters. The first-order chi connectivity index (χ1) is 3.72. The van der Waals surface area contributed by atoms with Gasteiger partial charge in [-0.15, -0.1) is 5.75 Å². The molecule has 0 fully saturated rings. The molecule has 1 radical (unpaired) electrons. The van der Waals surface area contributed by atoms with Crippen molar-refractivity contribution in [3.05, 3.63) is 0 Å². The van der Waals surface area contributed by atoms with E-state index >= 15 is 0 Å². The molecule has 1 atom stereocenters. The zero-order valence-corrected chi connectivity index (χ0v) is 8.78. The summed E-state index contributed by atoms with van der Waals surface area (Å²) in [6.07, 6.45) is 0. The predicted molar refractivity (Wildman–Crippen MR) is 32.7 cm³/mol. The van der Waals surface area contributed by atoms with Crippen LogP contribution in [0.1, 0.15) is 0 Å². The van der Waals surface area contributed by atoms with Crippen LogP contribution in [0.5, 0.6) is 0 Å². The van der Waals surface area contributed by atoms with Gasteiger partial charge in [-0.2, -0.15) is 0 Å². The summed E-state index contributed by atoms with van der Waals surface area (Å²) in [5.41, 5.74) is 0.